The number of amides is 2. The van der Waals surface area contributed by atoms with Gasteiger partial charge in [-0.15, -0.1) is 0 Å². The van der Waals surface area contributed by atoms with E-state index in [1.807, 2.05) is 0 Å². The fourth-order valence-electron chi connectivity index (χ4n) is 2.11. The minimum atomic E-state index is -1.12. The van der Waals surface area contributed by atoms with Gasteiger partial charge in [-0.05, 0) is 13.3 Å². The summed E-state index contributed by atoms with van der Waals surface area (Å²) in [5, 5.41) is 2.37. The molecule has 1 aromatic carbocycles. The van der Waals surface area contributed by atoms with Crippen LogP contribution in [0, 0.1) is 5.82 Å². The van der Waals surface area contributed by atoms with Crippen LogP contribution in [0.3, 0.4) is 0 Å². The predicted octanol–water partition coefficient (Wildman–Crippen LogP) is 1.24. The SMILES string of the molecule is [B]c1ccc(C(=O)N(CCC(C)F)CC(=O)Nc2ncc(F)cn2)cc1. The summed E-state index contributed by atoms with van der Waals surface area (Å²) in [7, 11) is 5.60. The minimum Gasteiger partial charge on any atom is -0.329 e. The first-order valence-electron chi connectivity index (χ1n) is 7.91. The van der Waals surface area contributed by atoms with Crippen molar-refractivity contribution < 1.29 is 18.4 Å². The molecule has 0 saturated carbocycles. The molecule has 2 amide bonds. The molecule has 1 N–H and O–H groups in total. The Hall–Kier alpha value is -2.84. The van der Waals surface area contributed by atoms with E-state index in [9.17, 15) is 18.4 Å². The maximum atomic E-state index is 13.2. The van der Waals surface area contributed by atoms with E-state index in [-0.39, 0.29) is 25.5 Å². The predicted molar refractivity (Wildman–Crippen MR) is 93.5 cm³/mol. The van der Waals surface area contributed by atoms with E-state index in [2.05, 4.69) is 15.3 Å². The van der Waals surface area contributed by atoms with Gasteiger partial charge < -0.3 is 4.90 Å². The van der Waals surface area contributed by atoms with E-state index < -0.39 is 23.8 Å². The molecule has 0 fully saturated rings. The number of hydrogen-bond donors (Lipinski definition) is 1. The Bertz CT molecular complexity index is 754. The number of anilines is 1. The Balaban J connectivity index is 2.07. The highest BCUT2D eigenvalue weighted by molar-refractivity contribution is 6.32. The van der Waals surface area contributed by atoms with Gasteiger partial charge in [0.05, 0.1) is 18.6 Å². The first-order chi connectivity index (χ1) is 12.3. The number of aromatic nitrogens is 2. The van der Waals surface area contributed by atoms with E-state index in [1.54, 1.807) is 12.1 Å². The normalized spacial score (nSPS) is 11.7. The number of benzene rings is 1. The van der Waals surface area contributed by atoms with Gasteiger partial charge >= 0.3 is 0 Å². The van der Waals surface area contributed by atoms with E-state index in [4.69, 9.17) is 7.85 Å². The number of rotatable bonds is 7. The summed E-state index contributed by atoms with van der Waals surface area (Å²) in [5.74, 6) is -1.73. The van der Waals surface area contributed by atoms with Crippen LogP contribution in [0.2, 0.25) is 0 Å². The van der Waals surface area contributed by atoms with Gasteiger partial charge in [-0.3, -0.25) is 14.9 Å². The average Bonchev–Trinajstić information content (AvgIpc) is 2.60. The minimum absolute atomic E-state index is 0.0541. The molecule has 26 heavy (non-hydrogen) atoms. The van der Waals surface area contributed by atoms with Crippen LogP contribution in [0.5, 0.6) is 0 Å². The Kier molecular flexibility index (Phi) is 6.77. The molecule has 2 aromatic rings. The van der Waals surface area contributed by atoms with Crippen molar-refractivity contribution in [2.75, 3.05) is 18.4 Å². The Morgan fingerprint density at radius 2 is 1.85 bits per heavy atom. The number of hydrogen-bond acceptors (Lipinski definition) is 4. The first-order valence-corrected chi connectivity index (χ1v) is 7.91. The number of nitrogens with zero attached hydrogens (tertiary/aromatic N) is 3. The van der Waals surface area contributed by atoms with Gasteiger partial charge in [0.2, 0.25) is 11.9 Å². The van der Waals surface area contributed by atoms with Crippen LogP contribution < -0.4 is 10.8 Å². The largest absolute Gasteiger partial charge is 0.329 e. The lowest BCUT2D eigenvalue weighted by Gasteiger charge is -2.22. The molecule has 6 nitrogen and oxygen atoms in total. The average molecular weight is 358 g/mol. The van der Waals surface area contributed by atoms with Gasteiger partial charge in [-0.25, -0.2) is 18.7 Å². The highest BCUT2D eigenvalue weighted by Gasteiger charge is 2.20. The monoisotopic (exact) mass is 358 g/mol. The molecule has 0 saturated heterocycles. The van der Waals surface area contributed by atoms with Crippen LogP contribution in [0.4, 0.5) is 14.7 Å². The van der Waals surface area contributed by atoms with Gasteiger partial charge in [0.15, 0.2) is 5.82 Å². The molecule has 2 rings (SSSR count). The lowest BCUT2D eigenvalue weighted by Crippen LogP contribution is -2.39. The smallest absolute Gasteiger partial charge is 0.254 e. The number of nitrogens with one attached hydrogen (secondary N) is 1. The molecule has 0 bridgehead atoms. The van der Waals surface area contributed by atoms with E-state index in [0.717, 1.165) is 12.4 Å². The lowest BCUT2D eigenvalue weighted by atomic mass is 9.95. The van der Waals surface area contributed by atoms with Gasteiger partial charge in [0.25, 0.3) is 5.91 Å². The topological polar surface area (TPSA) is 75.2 Å². The zero-order valence-corrected chi connectivity index (χ0v) is 14.2. The summed E-state index contributed by atoms with van der Waals surface area (Å²) >= 11 is 0. The highest BCUT2D eigenvalue weighted by atomic mass is 19.1. The third-order valence-electron chi connectivity index (χ3n) is 3.45. The van der Waals surface area contributed by atoms with Gasteiger partial charge in [0.1, 0.15) is 14.4 Å². The van der Waals surface area contributed by atoms with Crippen molar-refractivity contribution >= 4 is 31.1 Å². The van der Waals surface area contributed by atoms with Crippen molar-refractivity contribution in [1.29, 1.82) is 0 Å². The van der Waals surface area contributed by atoms with Crippen molar-refractivity contribution in [3.05, 3.63) is 48.0 Å². The molecule has 134 valence electrons. The molecule has 0 aliphatic carbocycles. The summed E-state index contributed by atoms with van der Waals surface area (Å²) in [6.45, 7) is 1.10. The molecular weight excluding hydrogens is 341 g/mol. The van der Waals surface area contributed by atoms with Crippen LogP contribution >= 0.6 is 0 Å². The molecule has 0 spiro atoms. The van der Waals surface area contributed by atoms with E-state index in [1.165, 1.54) is 24.0 Å². The van der Waals surface area contributed by atoms with E-state index >= 15 is 0 Å². The number of alkyl halides is 1. The van der Waals surface area contributed by atoms with Crippen LogP contribution in [-0.2, 0) is 4.79 Å². The van der Waals surface area contributed by atoms with Crippen LogP contribution in [0.25, 0.3) is 0 Å². The molecule has 9 heteroatoms. The van der Waals surface area contributed by atoms with Crippen molar-refractivity contribution in [2.45, 2.75) is 19.5 Å². The molecule has 2 radical (unpaired) electrons. The third kappa shape index (κ3) is 5.91. The standard InChI is InChI=1S/C17H17BF2N4O2/c1-11(19)6-7-24(16(26)12-2-4-13(18)5-3-12)10-15(25)23-17-21-8-14(20)9-22-17/h2-5,8-9,11H,6-7,10H2,1H3,(H,21,22,23,25). The summed E-state index contributed by atoms with van der Waals surface area (Å²) in [6, 6.07) is 6.19. The molecule has 1 aromatic heterocycles. The molecule has 0 aliphatic rings. The van der Waals surface area contributed by atoms with Crippen LogP contribution in [-0.4, -0.2) is 53.8 Å². The third-order valence-corrected chi connectivity index (χ3v) is 3.45. The second-order valence-corrected chi connectivity index (χ2v) is 5.69. The molecule has 1 heterocycles. The number of carbonyl (C=O) groups is 2. The Labute approximate surface area is 151 Å². The van der Waals surface area contributed by atoms with Crippen molar-refractivity contribution in [1.82, 2.24) is 14.9 Å². The zero-order chi connectivity index (χ0) is 19.1. The quantitative estimate of drug-likeness (QED) is 0.756. The number of carbonyl (C=O) groups excluding carboxylic acids is 2. The second kappa shape index (κ2) is 9.03. The zero-order valence-electron chi connectivity index (χ0n) is 14.2. The fraction of sp³-hybridized carbons (Fsp3) is 0.294. The molecule has 1 unspecified atom stereocenters. The van der Waals surface area contributed by atoms with Crippen molar-refractivity contribution in [3.63, 3.8) is 0 Å². The van der Waals surface area contributed by atoms with Gasteiger partial charge in [0, 0.05) is 12.1 Å². The highest BCUT2D eigenvalue weighted by Crippen LogP contribution is 2.08. The first kappa shape index (κ1) is 19.5. The summed E-state index contributed by atoms with van der Waals surface area (Å²) in [6.07, 6.45) is 0.774. The maximum absolute atomic E-state index is 13.2. The van der Waals surface area contributed by atoms with Crippen LogP contribution in [0.1, 0.15) is 23.7 Å². The molecule has 1 atom stereocenters. The second-order valence-electron chi connectivity index (χ2n) is 5.69. The summed E-state index contributed by atoms with van der Waals surface area (Å²) in [4.78, 5) is 33.2. The van der Waals surface area contributed by atoms with Crippen molar-refractivity contribution in [2.24, 2.45) is 0 Å². The lowest BCUT2D eigenvalue weighted by molar-refractivity contribution is -0.117. The fourth-order valence-corrected chi connectivity index (χ4v) is 2.11. The molecular formula is C17H17BF2N4O2. The Morgan fingerprint density at radius 3 is 2.42 bits per heavy atom. The van der Waals surface area contributed by atoms with Gasteiger partial charge in [-0.1, -0.05) is 29.7 Å². The number of halogens is 2. The van der Waals surface area contributed by atoms with Crippen molar-refractivity contribution in [3.8, 4) is 0 Å². The maximum Gasteiger partial charge on any atom is 0.254 e. The summed E-state index contributed by atoms with van der Waals surface area (Å²) in [5.41, 5.74) is 0.827. The van der Waals surface area contributed by atoms with Crippen LogP contribution in [0.15, 0.2) is 36.7 Å². The Morgan fingerprint density at radius 1 is 1.23 bits per heavy atom. The molecule has 0 aliphatic heterocycles. The van der Waals surface area contributed by atoms with Gasteiger partial charge in [-0.2, -0.15) is 0 Å². The summed E-state index contributed by atoms with van der Waals surface area (Å²) < 4.78 is 26.0. The van der Waals surface area contributed by atoms with E-state index in [0.29, 0.717) is 11.0 Å².